The molecular weight excluding hydrogens is 223 g/mol. The molecule has 0 heterocycles. The van der Waals surface area contributed by atoms with E-state index in [4.69, 9.17) is 34.7 Å². The third-order valence-electron chi connectivity index (χ3n) is 1.35. The number of nitrogens with zero attached hydrogens (tertiary/aromatic N) is 2. The number of benzene rings is 1. The minimum absolute atomic E-state index is 0.112. The fraction of sp³-hybridized carbons (Fsp3) is 0. The van der Waals surface area contributed by atoms with Gasteiger partial charge >= 0.3 is 0 Å². The lowest BCUT2D eigenvalue weighted by molar-refractivity contribution is 1.21. The highest BCUT2D eigenvalue weighted by Gasteiger charge is 2.00. The Morgan fingerprint density at radius 1 is 1.29 bits per heavy atom. The molecule has 0 aliphatic rings. The van der Waals surface area contributed by atoms with Crippen LogP contribution in [-0.2, 0) is 0 Å². The van der Waals surface area contributed by atoms with Crippen LogP contribution in [0, 0.1) is 0 Å². The van der Waals surface area contributed by atoms with Gasteiger partial charge in [0.15, 0.2) is 0 Å². The van der Waals surface area contributed by atoms with Gasteiger partial charge in [0.25, 0.3) is 0 Å². The van der Waals surface area contributed by atoms with Gasteiger partial charge in [-0.25, -0.2) is 0 Å². The summed E-state index contributed by atoms with van der Waals surface area (Å²) < 4.78 is 0. The molecule has 0 aromatic heterocycles. The Morgan fingerprint density at radius 2 is 2.00 bits per heavy atom. The monoisotopic (exact) mass is 230 g/mol. The SMILES string of the molecule is NC(N)=N/N=C/c1cccc(Cl)c1Cl. The predicted octanol–water partition coefficient (Wildman–Crippen LogP) is 1.60. The first kappa shape index (κ1) is 10.8. The molecule has 1 aromatic carbocycles. The number of rotatable bonds is 2. The molecule has 0 saturated carbocycles. The van der Waals surface area contributed by atoms with Gasteiger partial charge in [0.05, 0.1) is 16.3 Å². The van der Waals surface area contributed by atoms with Gasteiger partial charge < -0.3 is 11.5 Å². The standard InChI is InChI=1S/C8H8Cl2N4/c9-6-3-1-2-5(7(6)10)4-13-14-8(11)12/h1-4H,(H4,11,12,14)/b13-4+. The molecule has 74 valence electrons. The summed E-state index contributed by atoms with van der Waals surface area (Å²) in [5, 5.41) is 7.92. The molecule has 0 atom stereocenters. The van der Waals surface area contributed by atoms with Crippen LogP contribution < -0.4 is 11.5 Å². The highest BCUT2D eigenvalue weighted by atomic mass is 35.5. The molecular formula is C8H8Cl2N4. The summed E-state index contributed by atoms with van der Waals surface area (Å²) in [5.74, 6) is -0.112. The Morgan fingerprint density at radius 3 is 2.64 bits per heavy atom. The zero-order chi connectivity index (χ0) is 10.6. The molecule has 1 aromatic rings. The summed E-state index contributed by atoms with van der Waals surface area (Å²) >= 11 is 11.7. The van der Waals surface area contributed by atoms with Gasteiger partial charge in [0.1, 0.15) is 0 Å². The molecule has 0 aliphatic heterocycles. The van der Waals surface area contributed by atoms with Crippen LogP contribution in [0.1, 0.15) is 5.56 Å². The molecule has 4 N–H and O–H groups in total. The molecule has 6 heteroatoms. The van der Waals surface area contributed by atoms with E-state index in [2.05, 4.69) is 10.2 Å². The molecule has 0 spiro atoms. The van der Waals surface area contributed by atoms with E-state index >= 15 is 0 Å². The Hall–Kier alpha value is -1.26. The number of hydrogen-bond donors (Lipinski definition) is 2. The van der Waals surface area contributed by atoms with Crippen molar-refractivity contribution >= 4 is 35.4 Å². The van der Waals surface area contributed by atoms with Gasteiger partial charge in [-0.2, -0.15) is 5.10 Å². The molecule has 0 aliphatic carbocycles. The third-order valence-corrected chi connectivity index (χ3v) is 2.19. The molecule has 0 radical (unpaired) electrons. The smallest absolute Gasteiger partial charge is 0.211 e. The molecule has 14 heavy (non-hydrogen) atoms. The van der Waals surface area contributed by atoms with Crippen LogP contribution in [0.2, 0.25) is 10.0 Å². The Balaban J connectivity index is 2.92. The fourth-order valence-corrected chi connectivity index (χ4v) is 1.13. The van der Waals surface area contributed by atoms with Crippen molar-refractivity contribution in [1.82, 2.24) is 0 Å². The van der Waals surface area contributed by atoms with Crippen LogP contribution in [0.25, 0.3) is 0 Å². The summed E-state index contributed by atoms with van der Waals surface area (Å²) in [6.45, 7) is 0. The van der Waals surface area contributed by atoms with Crippen LogP contribution in [0.3, 0.4) is 0 Å². The first-order valence-electron chi connectivity index (χ1n) is 3.67. The maximum absolute atomic E-state index is 5.87. The normalized spacial score (nSPS) is 10.4. The van der Waals surface area contributed by atoms with Gasteiger partial charge in [0.2, 0.25) is 5.96 Å². The molecule has 0 unspecified atom stereocenters. The molecule has 0 saturated heterocycles. The summed E-state index contributed by atoms with van der Waals surface area (Å²) in [7, 11) is 0. The van der Waals surface area contributed by atoms with Crippen molar-refractivity contribution in [2.75, 3.05) is 0 Å². The molecule has 1 rings (SSSR count). The van der Waals surface area contributed by atoms with Crippen molar-refractivity contribution in [3.63, 3.8) is 0 Å². The van der Waals surface area contributed by atoms with E-state index < -0.39 is 0 Å². The topological polar surface area (TPSA) is 76.8 Å². The summed E-state index contributed by atoms with van der Waals surface area (Å²) in [6.07, 6.45) is 1.42. The minimum atomic E-state index is -0.112. The Bertz CT molecular complexity index is 383. The van der Waals surface area contributed by atoms with E-state index in [1.54, 1.807) is 18.2 Å². The first-order valence-corrected chi connectivity index (χ1v) is 4.43. The first-order chi connectivity index (χ1) is 6.61. The van der Waals surface area contributed by atoms with Crippen LogP contribution >= 0.6 is 23.2 Å². The van der Waals surface area contributed by atoms with E-state index in [9.17, 15) is 0 Å². The van der Waals surface area contributed by atoms with Crippen molar-refractivity contribution in [1.29, 1.82) is 0 Å². The molecule has 0 amide bonds. The number of hydrogen-bond acceptors (Lipinski definition) is 2. The predicted molar refractivity (Wildman–Crippen MR) is 59.9 cm³/mol. The third kappa shape index (κ3) is 2.90. The largest absolute Gasteiger partial charge is 0.369 e. The van der Waals surface area contributed by atoms with E-state index in [1.807, 2.05) is 0 Å². The maximum Gasteiger partial charge on any atom is 0.211 e. The van der Waals surface area contributed by atoms with Gasteiger partial charge in [0, 0.05) is 5.56 Å². The summed E-state index contributed by atoms with van der Waals surface area (Å²) in [5.41, 5.74) is 10.8. The lowest BCUT2D eigenvalue weighted by Crippen LogP contribution is -2.21. The number of guanidine groups is 1. The van der Waals surface area contributed by atoms with Gasteiger partial charge in [-0.05, 0) is 6.07 Å². The molecule has 4 nitrogen and oxygen atoms in total. The van der Waals surface area contributed by atoms with E-state index in [0.717, 1.165) is 0 Å². The van der Waals surface area contributed by atoms with Crippen molar-refractivity contribution in [2.45, 2.75) is 0 Å². The fourth-order valence-electron chi connectivity index (χ4n) is 0.778. The quantitative estimate of drug-likeness (QED) is 0.460. The second-order valence-corrected chi connectivity index (χ2v) is 3.20. The van der Waals surface area contributed by atoms with Crippen molar-refractivity contribution in [2.24, 2.45) is 21.7 Å². The average molecular weight is 231 g/mol. The Labute approximate surface area is 91.2 Å². The summed E-state index contributed by atoms with van der Waals surface area (Å²) in [6, 6.07) is 5.19. The molecule has 0 fully saturated rings. The summed E-state index contributed by atoms with van der Waals surface area (Å²) in [4.78, 5) is 0. The van der Waals surface area contributed by atoms with E-state index in [0.29, 0.717) is 15.6 Å². The minimum Gasteiger partial charge on any atom is -0.369 e. The number of halogens is 2. The van der Waals surface area contributed by atoms with Crippen molar-refractivity contribution < 1.29 is 0 Å². The maximum atomic E-state index is 5.87. The van der Waals surface area contributed by atoms with Gasteiger partial charge in [-0.3, -0.25) is 0 Å². The van der Waals surface area contributed by atoms with Crippen molar-refractivity contribution in [3.8, 4) is 0 Å². The average Bonchev–Trinajstić information content (AvgIpc) is 2.12. The van der Waals surface area contributed by atoms with E-state index in [-0.39, 0.29) is 5.96 Å². The highest BCUT2D eigenvalue weighted by Crippen LogP contribution is 2.24. The lowest BCUT2D eigenvalue weighted by Gasteiger charge is -1.97. The van der Waals surface area contributed by atoms with Gasteiger partial charge in [-0.1, -0.05) is 35.3 Å². The second kappa shape index (κ2) is 4.83. The van der Waals surface area contributed by atoms with Crippen LogP contribution in [0.4, 0.5) is 0 Å². The number of nitrogens with two attached hydrogens (primary N) is 2. The van der Waals surface area contributed by atoms with Crippen LogP contribution in [0.5, 0.6) is 0 Å². The van der Waals surface area contributed by atoms with Gasteiger partial charge in [-0.15, -0.1) is 5.10 Å². The zero-order valence-corrected chi connectivity index (χ0v) is 8.63. The molecule has 0 bridgehead atoms. The second-order valence-electron chi connectivity index (χ2n) is 2.41. The van der Waals surface area contributed by atoms with E-state index in [1.165, 1.54) is 6.21 Å². The van der Waals surface area contributed by atoms with Crippen LogP contribution in [-0.4, -0.2) is 12.2 Å². The van der Waals surface area contributed by atoms with Crippen molar-refractivity contribution in [3.05, 3.63) is 33.8 Å². The highest BCUT2D eigenvalue weighted by molar-refractivity contribution is 6.43. The van der Waals surface area contributed by atoms with Crippen LogP contribution in [0.15, 0.2) is 28.4 Å². The zero-order valence-electron chi connectivity index (χ0n) is 7.11. The lowest BCUT2D eigenvalue weighted by atomic mass is 10.2. The Kier molecular flexibility index (Phi) is 3.73.